The maximum absolute atomic E-state index is 8.93. The fraction of sp³-hybridized carbons (Fsp3) is 0.533. The van der Waals surface area contributed by atoms with Gasteiger partial charge in [-0.15, -0.1) is 0 Å². The molecule has 1 aliphatic heterocycles. The molecule has 0 spiro atoms. The summed E-state index contributed by atoms with van der Waals surface area (Å²) in [4.78, 5) is 2.43. The topological polar surface area (TPSA) is 39.1 Å². The van der Waals surface area contributed by atoms with Crippen LogP contribution in [0.4, 0.5) is 5.69 Å². The Hall–Kier alpha value is -1.53. The average Bonchev–Trinajstić information content (AvgIpc) is 2.39. The summed E-state index contributed by atoms with van der Waals surface area (Å²) in [6, 6.07) is 8.62. The monoisotopic (exact) mass is 243 g/mol. The number of likely N-dealkylation sites (N-methyl/N-ethyl adjacent to an activating group) is 1. The highest BCUT2D eigenvalue weighted by Gasteiger charge is 2.18. The Morgan fingerprint density at radius 3 is 3.00 bits per heavy atom. The Morgan fingerprint density at radius 2 is 2.28 bits per heavy atom. The molecule has 0 amide bonds. The number of nitriles is 1. The molecule has 3 nitrogen and oxygen atoms in total. The molecule has 1 heterocycles. The Kier molecular flexibility index (Phi) is 4.22. The Morgan fingerprint density at radius 1 is 1.44 bits per heavy atom. The number of likely N-dealkylation sites (tertiary alicyclic amines) is 1. The molecular weight excluding hydrogens is 222 g/mol. The van der Waals surface area contributed by atoms with Gasteiger partial charge in [-0.05, 0) is 51.1 Å². The lowest BCUT2D eigenvalue weighted by atomic mass is 10.0. The maximum Gasteiger partial charge on any atom is 0.0992 e. The van der Waals surface area contributed by atoms with E-state index in [2.05, 4.69) is 30.3 Å². The van der Waals surface area contributed by atoms with Gasteiger partial charge in [-0.1, -0.05) is 12.5 Å². The van der Waals surface area contributed by atoms with E-state index in [9.17, 15) is 0 Å². The van der Waals surface area contributed by atoms with Crippen molar-refractivity contribution in [3.8, 4) is 6.07 Å². The molecule has 1 aliphatic rings. The summed E-state index contributed by atoms with van der Waals surface area (Å²) in [5.74, 6) is 0. The van der Waals surface area contributed by atoms with E-state index >= 15 is 0 Å². The number of hydrogen-bond donors (Lipinski definition) is 1. The largest absolute Gasteiger partial charge is 0.383 e. The van der Waals surface area contributed by atoms with Crippen LogP contribution in [0.5, 0.6) is 0 Å². The predicted octanol–water partition coefficient (Wildman–Crippen LogP) is 2.76. The molecule has 1 saturated heterocycles. The molecule has 1 unspecified atom stereocenters. The van der Waals surface area contributed by atoms with E-state index in [0.717, 1.165) is 17.8 Å². The fourth-order valence-electron chi connectivity index (χ4n) is 2.51. The highest BCUT2D eigenvalue weighted by atomic mass is 15.2. The van der Waals surface area contributed by atoms with Crippen molar-refractivity contribution in [2.75, 3.05) is 25.5 Å². The molecule has 1 aromatic carbocycles. The van der Waals surface area contributed by atoms with E-state index in [4.69, 9.17) is 5.26 Å². The molecule has 0 saturated carbocycles. The van der Waals surface area contributed by atoms with Crippen LogP contribution in [-0.2, 0) is 0 Å². The molecule has 0 aromatic heterocycles. The van der Waals surface area contributed by atoms with Crippen molar-refractivity contribution < 1.29 is 0 Å². The van der Waals surface area contributed by atoms with Crippen LogP contribution in [-0.4, -0.2) is 31.1 Å². The molecule has 1 N–H and O–H groups in total. The molecule has 96 valence electrons. The van der Waals surface area contributed by atoms with E-state index in [-0.39, 0.29) is 0 Å². The number of rotatable bonds is 3. The third-order valence-electron chi connectivity index (χ3n) is 3.82. The molecule has 1 fully saturated rings. The third kappa shape index (κ3) is 3.02. The van der Waals surface area contributed by atoms with Crippen LogP contribution in [0.3, 0.4) is 0 Å². The molecule has 18 heavy (non-hydrogen) atoms. The molecule has 1 atom stereocenters. The van der Waals surface area contributed by atoms with Crippen molar-refractivity contribution in [2.45, 2.75) is 32.2 Å². The van der Waals surface area contributed by atoms with Crippen LogP contribution < -0.4 is 5.32 Å². The van der Waals surface area contributed by atoms with Gasteiger partial charge in [0, 0.05) is 18.3 Å². The summed E-state index contributed by atoms with van der Waals surface area (Å²) in [7, 11) is 2.20. The van der Waals surface area contributed by atoms with Crippen molar-refractivity contribution in [2.24, 2.45) is 0 Å². The zero-order valence-corrected chi connectivity index (χ0v) is 11.2. The van der Waals surface area contributed by atoms with Crippen molar-refractivity contribution in [3.05, 3.63) is 29.3 Å². The van der Waals surface area contributed by atoms with E-state index < -0.39 is 0 Å². The minimum absolute atomic E-state index is 0.615. The highest BCUT2D eigenvalue weighted by molar-refractivity contribution is 5.55. The van der Waals surface area contributed by atoms with E-state index in [1.165, 1.54) is 31.4 Å². The smallest absolute Gasteiger partial charge is 0.0992 e. The average molecular weight is 243 g/mol. The second-order valence-electron chi connectivity index (χ2n) is 5.15. The van der Waals surface area contributed by atoms with Crippen molar-refractivity contribution >= 4 is 5.69 Å². The van der Waals surface area contributed by atoms with E-state index in [1.54, 1.807) is 0 Å². The predicted molar refractivity (Wildman–Crippen MR) is 74.7 cm³/mol. The minimum atomic E-state index is 0.615. The second kappa shape index (κ2) is 5.88. The lowest BCUT2D eigenvalue weighted by Crippen LogP contribution is -2.40. The van der Waals surface area contributed by atoms with Crippen LogP contribution in [0.1, 0.15) is 30.4 Å². The Balaban J connectivity index is 1.99. The van der Waals surface area contributed by atoms with Crippen LogP contribution >= 0.6 is 0 Å². The van der Waals surface area contributed by atoms with Gasteiger partial charge in [0.25, 0.3) is 0 Å². The molecule has 3 heteroatoms. The van der Waals surface area contributed by atoms with Gasteiger partial charge in [0.05, 0.1) is 11.6 Å². The molecule has 1 aromatic rings. The van der Waals surface area contributed by atoms with Gasteiger partial charge >= 0.3 is 0 Å². The summed E-state index contributed by atoms with van der Waals surface area (Å²) in [5, 5.41) is 12.4. The van der Waals surface area contributed by atoms with Crippen molar-refractivity contribution in [1.29, 1.82) is 5.26 Å². The lowest BCUT2D eigenvalue weighted by molar-refractivity contribution is 0.194. The van der Waals surface area contributed by atoms with Gasteiger partial charge < -0.3 is 10.2 Å². The van der Waals surface area contributed by atoms with Gasteiger partial charge in [-0.25, -0.2) is 0 Å². The first-order chi connectivity index (χ1) is 8.70. The highest BCUT2D eigenvalue weighted by Crippen LogP contribution is 2.19. The maximum atomic E-state index is 8.93. The van der Waals surface area contributed by atoms with Crippen molar-refractivity contribution in [3.63, 3.8) is 0 Å². The molecule has 0 bridgehead atoms. The summed E-state index contributed by atoms with van der Waals surface area (Å²) in [6.45, 7) is 4.24. The Bertz CT molecular complexity index is 448. The normalized spacial score (nSPS) is 20.4. The first kappa shape index (κ1) is 12.9. The van der Waals surface area contributed by atoms with Crippen LogP contribution in [0.15, 0.2) is 18.2 Å². The van der Waals surface area contributed by atoms with Gasteiger partial charge in [-0.2, -0.15) is 5.26 Å². The van der Waals surface area contributed by atoms with Gasteiger partial charge in [-0.3, -0.25) is 0 Å². The number of piperidine rings is 1. The standard InChI is InChI=1S/C15H21N3/c1-12-6-7-13(10-16)9-15(12)17-11-14-5-3-4-8-18(14)2/h6-7,9,14,17H,3-5,8,11H2,1-2H3. The van der Waals surface area contributed by atoms with Gasteiger partial charge in [0.2, 0.25) is 0 Å². The first-order valence-electron chi connectivity index (χ1n) is 6.65. The van der Waals surface area contributed by atoms with Crippen LogP contribution in [0.25, 0.3) is 0 Å². The number of nitrogens with zero attached hydrogens (tertiary/aromatic N) is 2. The fourth-order valence-corrected chi connectivity index (χ4v) is 2.51. The van der Waals surface area contributed by atoms with E-state index in [0.29, 0.717) is 6.04 Å². The summed E-state index contributed by atoms with van der Waals surface area (Å²) >= 11 is 0. The van der Waals surface area contributed by atoms with Crippen LogP contribution in [0.2, 0.25) is 0 Å². The molecular formula is C15H21N3. The number of benzene rings is 1. The summed E-state index contributed by atoms with van der Waals surface area (Å²) in [5.41, 5.74) is 3.01. The second-order valence-corrected chi connectivity index (χ2v) is 5.15. The summed E-state index contributed by atoms with van der Waals surface area (Å²) < 4.78 is 0. The van der Waals surface area contributed by atoms with Crippen LogP contribution in [0, 0.1) is 18.3 Å². The lowest BCUT2D eigenvalue weighted by Gasteiger charge is -2.32. The van der Waals surface area contributed by atoms with Gasteiger partial charge in [0.15, 0.2) is 0 Å². The number of nitrogens with one attached hydrogen (secondary N) is 1. The molecule has 0 aliphatic carbocycles. The number of hydrogen-bond acceptors (Lipinski definition) is 3. The summed E-state index contributed by atoms with van der Waals surface area (Å²) in [6.07, 6.45) is 3.91. The van der Waals surface area contributed by atoms with E-state index in [1.807, 2.05) is 18.2 Å². The quantitative estimate of drug-likeness (QED) is 0.887. The zero-order chi connectivity index (χ0) is 13.0. The minimum Gasteiger partial charge on any atom is -0.383 e. The van der Waals surface area contributed by atoms with Crippen molar-refractivity contribution in [1.82, 2.24) is 4.90 Å². The zero-order valence-electron chi connectivity index (χ0n) is 11.2. The SMILES string of the molecule is Cc1ccc(C#N)cc1NCC1CCCCN1C. The first-order valence-corrected chi connectivity index (χ1v) is 6.65. The Labute approximate surface area is 109 Å². The number of anilines is 1. The molecule has 2 rings (SSSR count). The number of aryl methyl sites for hydroxylation is 1. The third-order valence-corrected chi connectivity index (χ3v) is 3.82. The van der Waals surface area contributed by atoms with Gasteiger partial charge in [0.1, 0.15) is 0 Å². The molecule has 0 radical (unpaired) electrons.